The van der Waals surface area contributed by atoms with Crippen LogP contribution in [0.5, 0.6) is 0 Å². The number of anilines is 2. The van der Waals surface area contributed by atoms with Gasteiger partial charge in [-0.1, -0.05) is 20.8 Å². The number of aryl methyl sites for hydroxylation is 2. The summed E-state index contributed by atoms with van der Waals surface area (Å²) >= 11 is 0. The Labute approximate surface area is 240 Å². The van der Waals surface area contributed by atoms with E-state index in [2.05, 4.69) is 25.6 Å². The molecule has 5 rings (SSSR count). The van der Waals surface area contributed by atoms with Crippen LogP contribution in [-0.4, -0.2) is 35.5 Å². The Hall–Kier alpha value is -5.13. The zero-order valence-corrected chi connectivity index (χ0v) is 24.1. The van der Waals surface area contributed by atoms with Gasteiger partial charge in [-0.3, -0.25) is 19.5 Å². The minimum absolute atomic E-state index is 0.0613. The number of carbonyl (C=O) groups is 1. The number of halogens is 1. The zero-order valence-electron chi connectivity index (χ0n) is 24.1. The highest BCUT2D eigenvalue weighted by Crippen LogP contribution is 2.30. The van der Waals surface area contributed by atoms with E-state index in [-0.39, 0.29) is 34.5 Å². The Morgan fingerprint density at radius 1 is 1.14 bits per heavy atom. The molecule has 0 atom stereocenters. The van der Waals surface area contributed by atoms with Gasteiger partial charge in [-0.2, -0.15) is 14.9 Å². The highest BCUT2D eigenvalue weighted by molar-refractivity contribution is 5.83. The molecule has 0 unspecified atom stereocenters. The molecular weight excluding hydrogens is 541 g/mol. The number of hydrogen-bond acceptors (Lipinski definition) is 8. The summed E-state index contributed by atoms with van der Waals surface area (Å²) in [5.74, 6) is -0.696. The van der Waals surface area contributed by atoms with Crippen LogP contribution in [0, 0.1) is 12.7 Å². The highest BCUT2D eigenvalue weighted by Gasteiger charge is 2.22. The van der Waals surface area contributed by atoms with E-state index in [1.165, 1.54) is 30.0 Å². The number of aromatic amines is 1. The number of aromatic nitrogens is 6. The van der Waals surface area contributed by atoms with Crippen LogP contribution in [0.2, 0.25) is 0 Å². The van der Waals surface area contributed by atoms with Crippen molar-refractivity contribution in [2.24, 2.45) is 7.05 Å². The number of benzene rings is 1. The van der Waals surface area contributed by atoms with E-state index in [4.69, 9.17) is 4.74 Å². The Bertz CT molecular complexity index is 1970. The maximum absolute atomic E-state index is 15.4. The van der Waals surface area contributed by atoms with Gasteiger partial charge in [0.05, 0.1) is 11.6 Å². The SMILES string of the molecule is CC(=O)OCc1c(-c2cc(Nc3cc(C)[nH]n3)c(=O)n(C)c2)ccnc1-n1ncc2cc(C(C)(C)C)cc(F)c2c1=O. The zero-order chi connectivity index (χ0) is 30.3. The maximum atomic E-state index is 15.4. The second-order valence-corrected chi connectivity index (χ2v) is 11.1. The summed E-state index contributed by atoms with van der Waals surface area (Å²) in [7, 11) is 1.60. The lowest BCUT2D eigenvalue weighted by molar-refractivity contribution is -0.142. The molecule has 42 heavy (non-hydrogen) atoms. The Morgan fingerprint density at radius 2 is 1.90 bits per heavy atom. The third kappa shape index (κ3) is 5.42. The van der Waals surface area contributed by atoms with Crippen molar-refractivity contribution in [3.63, 3.8) is 0 Å². The first-order valence-electron chi connectivity index (χ1n) is 13.2. The Kier molecular flexibility index (Phi) is 7.23. The molecular formula is C30H30FN7O4. The molecule has 0 radical (unpaired) electrons. The van der Waals surface area contributed by atoms with Crippen molar-refractivity contribution in [3.8, 4) is 16.9 Å². The number of esters is 1. The first-order valence-corrected chi connectivity index (χ1v) is 13.2. The van der Waals surface area contributed by atoms with Crippen LogP contribution >= 0.6 is 0 Å². The molecule has 0 spiro atoms. The van der Waals surface area contributed by atoms with Gasteiger partial charge >= 0.3 is 5.97 Å². The van der Waals surface area contributed by atoms with Crippen molar-refractivity contribution in [1.82, 2.24) is 29.5 Å². The van der Waals surface area contributed by atoms with Crippen LogP contribution in [0.25, 0.3) is 27.7 Å². The van der Waals surface area contributed by atoms with E-state index < -0.39 is 17.3 Å². The highest BCUT2D eigenvalue weighted by atomic mass is 19.1. The molecule has 4 aromatic heterocycles. The fourth-order valence-electron chi connectivity index (χ4n) is 4.64. The minimum Gasteiger partial charge on any atom is -0.461 e. The standard InChI is InChI=1S/C30H30FN7O4/c1-16-9-25(36-35-16)34-24-11-19(14-37(6)28(24)40)21-7-8-32-27(22(21)15-42-17(2)39)38-29(41)26-18(13-33-38)10-20(12-23(26)31)30(3,4)5/h7-14H,15H2,1-6H3,(H2,34,35,36). The van der Waals surface area contributed by atoms with Crippen LogP contribution in [-0.2, 0) is 28.6 Å². The molecule has 0 saturated heterocycles. The smallest absolute Gasteiger partial charge is 0.302 e. The second-order valence-electron chi connectivity index (χ2n) is 11.1. The molecule has 0 fully saturated rings. The molecule has 0 amide bonds. The number of hydrogen-bond donors (Lipinski definition) is 2. The molecule has 216 valence electrons. The summed E-state index contributed by atoms with van der Waals surface area (Å²) in [6, 6.07) is 8.17. The molecule has 12 heteroatoms. The van der Waals surface area contributed by atoms with Crippen molar-refractivity contribution in [2.75, 3.05) is 5.32 Å². The van der Waals surface area contributed by atoms with Gasteiger partial charge in [0.2, 0.25) is 0 Å². The predicted octanol–water partition coefficient (Wildman–Crippen LogP) is 4.42. The molecule has 0 saturated carbocycles. The average Bonchev–Trinajstić information content (AvgIpc) is 3.33. The number of rotatable bonds is 6. The van der Waals surface area contributed by atoms with Crippen LogP contribution in [0.1, 0.15) is 44.5 Å². The van der Waals surface area contributed by atoms with E-state index in [0.29, 0.717) is 27.9 Å². The van der Waals surface area contributed by atoms with Gasteiger partial charge in [-0.15, -0.1) is 0 Å². The lowest BCUT2D eigenvalue weighted by Gasteiger charge is -2.20. The van der Waals surface area contributed by atoms with Gasteiger partial charge in [0.25, 0.3) is 11.1 Å². The lowest BCUT2D eigenvalue weighted by atomic mass is 9.86. The number of H-pyrrole nitrogens is 1. The van der Waals surface area contributed by atoms with Gasteiger partial charge in [0, 0.05) is 54.6 Å². The number of nitrogens with one attached hydrogen (secondary N) is 2. The summed E-state index contributed by atoms with van der Waals surface area (Å²) in [5, 5.41) is 14.5. The van der Waals surface area contributed by atoms with E-state index in [9.17, 15) is 14.4 Å². The lowest BCUT2D eigenvalue weighted by Crippen LogP contribution is -2.25. The number of nitrogens with zero attached hydrogens (tertiary/aromatic N) is 5. The van der Waals surface area contributed by atoms with Crippen LogP contribution in [0.4, 0.5) is 15.9 Å². The third-order valence-corrected chi connectivity index (χ3v) is 6.82. The molecule has 5 aromatic rings. The number of fused-ring (bicyclic) bond motifs is 1. The van der Waals surface area contributed by atoms with Gasteiger partial charge in [0.1, 0.15) is 18.1 Å². The topological polar surface area (TPSA) is 137 Å². The van der Waals surface area contributed by atoms with Crippen molar-refractivity contribution in [1.29, 1.82) is 0 Å². The number of carbonyl (C=O) groups excluding carboxylic acids is 1. The van der Waals surface area contributed by atoms with Gasteiger partial charge in [-0.05, 0) is 47.7 Å². The van der Waals surface area contributed by atoms with Crippen molar-refractivity contribution < 1.29 is 13.9 Å². The molecule has 0 bridgehead atoms. The molecule has 4 heterocycles. The Morgan fingerprint density at radius 3 is 2.57 bits per heavy atom. The summed E-state index contributed by atoms with van der Waals surface area (Å²) in [6.45, 7) is 8.71. The summed E-state index contributed by atoms with van der Waals surface area (Å²) in [4.78, 5) is 42.8. The normalized spacial score (nSPS) is 11.6. The largest absolute Gasteiger partial charge is 0.461 e. The van der Waals surface area contributed by atoms with E-state index in [0.717, 1.165) is 15.9 Å². The predicted molar refractivity (Wildman–Crippen MR) is 157 cm³/mol. The average molecular weight is 572 g/mol. The maximum Gasteiger partial charge on any atom is 0.302 e. The van der Waals surface area contributed by atoms with Crippen LogP contribution < -0.4 is 16.4 Å². The monoisotopic (exact) mass is 571 g/mol. The third-order valence-electron chi connectivity index (χ3n) is 6.82. The van der Waals surface area contributed by atoms with E-state index in [1.807, 2.05) is 27.7 Å². The minimum atomic E-state index is -0.712. The van der Waals surface area contributed by atoms with Crippen molar-refractivity contribution in [3.05, 3.63) is 92.3 Å². The molecule has 0 aliphatic carbocycles. The molecule has 1 aromatic carbocycles. The molecule has 2 N–H and O–H groups in total. The van der Waals surface area contributed by atoms with Gasteiger partial charge in [0.15, 0.2) is 11.6 Å². The van der Waals surface area contributed by atoms with E-state index in [1.54, 1.807) is 37.5 Å². The quantitative estimate of drug-likeness (QED) is 0.286. The number of pyridine rings is 2. The van der Waals surface area contributed by atoms with Crippen LogP contribution in [0.15, 0.2) is 58.5 Å². The first-order chi connectivity index (χ1) is 19.8. The van der Waals surface area contributed by atoms with E-state index >= 15 is 4.39 Å². The summed E-state index contributed by atoms with van der Waals surface area (Å²) < 4.78 is 23.1. The fraction of sp³-hybridized carbons (Fsp3) is 0.267. The molecule has 0 aliphatic rings. The van der Waals surface area contributed by atoms with Crippen molar-refractivity contribution >= 4 is 28.2 Å². The van der Waals surface area contributed by atoms with Crippen LogP contribution in [0.3, 0.4) is 0 Å². The number of ether oxygens (including phenoxy) is 1. The summed E-state index contributed by atoms with van der Waals surface area (Å²) in [5.41, 5.74) is 1.87. The van der Waals surface area contributed by atoms with Gasteiger partial charge in [-0.25, -0.2) is 9.37 Å². The van der Waals surface area contributed by atoms with Crippen molar-refractivity contribution in [2.45, 2.75) is 46.6 Å². The fourth-order valence-corrected chi connectivity index (χ4v) is 4.64. The summed E-state index contributed by atoms with van der Waals surface area (Å²) in [6.07, 6.45) is 4.50. The molecule has 0 aliphatic heterocycles. The first kappa shape index (κ1) is 28.4. The second kappa shape index (κ2) is 10.7. The van der Waals surface area contributed by atoms with Gasteiger partial charge < -0.3 is 14.6 Å². The molecule has 11 nitrogen and oxygen atoms in total. The Balaban J connectivity index is 1.70.